The van der Waals surface area contributed by atoms with Gasteiger partial charge in [-0.15, -0.1) is 11.8 Å². The standard InChI is InChI=1S/C28H41N5O5SSi/c1-7-10-31-25-22(15-20(27(35)36)16-24(25)39-21-9-11-37-17-21)29-28(31)32(18-38-12-13-40(4,5)6)26(34)23-14-19(3)30-33(23)8-2/h14-16,21H,7-13,17-18H2,1-6H3,(H,35,36). The molecule has 1 aliphatic heterocycles. The molecule has 2 aromatic heterocycles. The normalized spacial score (nSPS) is 15.7. The van der Waals surface area contributed by atoms with Gasteiger partial charge in [-0.3, -0.25) is 14.4 Å². The zero-order valence-electron chi connectivity index (χ0n) is 24.4. The number of carbonyl (C=O) groups is 2. The number of aromatic nitrogens is 4. The predicted octanol–water partition coefficient (Wildman–Crippen LogP) is 5.51. The van der Waals surface area contributed by atoms with Crippen molar-refractivity contribution in [3.8, 4) is 0 Å². The van der Waals surface area contributed by atoms with Gasteiger partial charge in [0.15, 0.2) is 0 Å². The Balaban J connectivity index is 1.84. The van der Waals surface area contributed by atoms with Crippen molar-refractivity contribution >= 4 is 48.7 Å². The summed E-state index contributed by atoms with van der Waals surface area (Å²) in [5.41, 5.74) is 2.78. The summed E-state index contributed by atoms with van der Waals surface area (Å²) >= 11 is 1.62. The summed E-state index contributed by atoms with van der Waals surface area (Å²) in [6, 6.07) is 6.07. The maximum absolute atomic E-state index is 14.1. The van der Waals surface area contributed by atoms with Gasteiger partial charge in [0.25, 0.3) is 5.91 Å². The number of amides is 1. The highest BCUT2D eigenvalue weighted by Gasteiger charge is 2.29. The van der Waals surface area contributed by atoms with Crippen LogP contribution in [0.25, 0.3) is 11.0 Å². The molecule has 0 saturated carbocycles. The first-order valence-electron chi connectivity index (χ1n) is 14.0. The smallest absolute Gasteiger partial charge is 0.335 e. The molecule has 1 unspecified atom stereocenters. The fourth-order valence-electron chi connectivity index (χ4n) is 4.70. The van der Waals surface area contributed by atoms with Gasteiger partial charge in [0.2, 0.25) is 5.95 Å². The Labute approximate surface area is 241 Å². The third-order valence-corrected chi connectivity index (χ3v) is 9.76. The summed E-state index contributed by atoms with van der Waals surface area (Å²) in [5.74, 6) is -0.814. The van der Waals surface area contributed by atoms with E-state index in [1.54, 1.807) is 39.5 Å². The lowest BCUT2D eigenvalue weighted by atomic mass is 10.2. The molecule has 1 N–H and O–H groups in total. The fourth-order valence-corrected chi connectivity index (χ4v) is 6.71. The lowest BCUT2D eigenvalue weighted by molar-refractivity contribution is 0.0696. The first-order valence-corrected chi connectivity index (χ1v) is 18.6. The van der Waals surface area contributed by atoms with Gasteiger partial charge >= 0.3 is 5.97 Å². The molecule has 1 aliphatic rings. The molecule has 1 amide bonds. The third-order valence-electron chi connectivity index (χ3n) is 6.79. The van der Waals surface area contributed by atoms with Crippen molar-refractivity contribution in [2.24, 2.45) is 0 Å². The zero-order chi connectivity index (χ0) is 29.0. The molecule has 3 heterocycles. The van der Waals surface area contributed by atoms with Crippen molar-refractivity contribution in [1.29, 1.82) is 0 Å². The van der Waals surface area contributed by atoms with E-state index in [0.29, 0.717) is 50.1 Å². The number of imidazole rings is 1. The number of thioether (sulfide) groups is 1. The van der Waals surface area contributed by atoms with E-state index in [9.17, 15) is 14.7 Å². The van der Waals surface area contributed by atoms with E-state index in [1.165, 1.54) is 0 Å². The van der Waals surface area contributed by atoms with Crippen LogP contribution in [0.5, 0.6) is 0 Å². The molecular formula is C28H41N5O5SSi. The number of carbonyl (C=O) groups excluding carboxylic acids is 1. The highest BCUT2D eigenvalue weighted by atomic mass is 32.2. The van der Waals surface area contributed by atoms with Crippen LogP contribution in [-0.4, -0.2) is 76.2 Å². The molecule has 0 radical (unpaired) electrons. The van der Waals surface area contributed by atoms with Crippen molar-refractivity contribution in [3.63, 3.8) is 0 Å². The number of hydrogen-bond donors (Lipinski definition) is 1. The van der Waals surface area contributed by atoms with Gasteiger partial charge in [-0.05, 0) is 50.9 Å². The molecule has 218 valence electrons. The molecule has 0 bridgehead atoms. The molecule has 10 nitrogen and oxygen atoms in total. The maximum Gasteiger partial charge on any atom is 0.335 e. The predicted molar refractivity (Wildman–Crippen MR) is 160 cm³/mol. The monoisotopic (exact) mass is 587 g/mol. The minimum absolute atomic E-state index is 0.0367. The number of aryl methyl sites for hydroxylation is 3. The number of ether oxygens (including phenoxy) is 2. The van der Waals surface area contributed by atoms with Crippen LogP contribution in [0.2, 0.25) is 25.7 Å². The molecule has 4 rings (SSSR count). The molecule has 1 atom stereocenters. The Morgan fingerprint density at radius 3 is 2.65 bits per heavy atom. The zero-order valence-corrected chi connectivity index (χ0v) is 26.2. The van der Waals surface area contributed by atoms with E-state index in [2.05, 4.69) is 31.7 Å². The van der Waals surface area contributed by atoms with Crippen molar-refractivity contribution < 1.29 is 24.2 Å². The molecule has 1 fully saturated rings. The van der Waals surface area contributed by atoms with Crippen LogP contribution in [0.1, 0.15) is 53.2 Å². The first kappa shape index (κ1) is 30.3. The fraction of sp³-hybridized carbons (Fsp3) is 0.571. The van der Waals surface area contributed by atoms with Gasteiger partial charge in [0.05, 0.1) is 28.9 Å². The summed E-state index contributed by atoms with van der Waals surface area (Å²) in [6.07, 6.45) is 1.70. The highest BCUT2D eigenvalue weighted by molar-refractivity contribution is 8.00. The van der Waals surface area contributed by atoms with Crippen LogP contribution in [0.4, 0.5) is 5.95 Å². The number of aromatic carboxylic acids is 1. The third kappa shape index (κ3) is 6.96. The Kier molecular flexibility index (Phi) is 9.75. The molecule has 1 saturated heterocycles. The van der Waals surface area contributed by atoms with Crippen LogP contribution in [-0.2, 0) is 22.6 Å². The minimum atomic E-state index is -1.34. The lowest BCUT2D eigenvalue weighted by Crippen LogP contribution is -2.37. The Morgan fingerprint density at radius 2 is 2.02 bits per heavy atom. The number of anilines is 1. The number of benzene rings is 1. The second-order valence-electron chi connectivity index (χ2n) is 11.4. The number of hydrogen-bond acceptors (Lipinski definition) is 7. The van der Waals surface area contributed by atoms with Gasteiger partial charge in [0, 0.05) is 44.5 Å². The van der Waals surface area contributed by atoms with Gasteiger partial charge in [-0.2, -0.15) is 5.10 Å². The summed E-state index contributed by atoms with van der Waals surface area (Å²) in [7, 11) is -1.34. The van der Waals surface area contributed by atoms with Gasteiger partial charge in [0.1, 0.15) is 12.4 Å². The SMILES string of the molecule is CCCn1c(N(COCC[Si](C)(C)C)C(=O)c2cc(C)nn2CC)nc2cc(C(=O)O)cc(SC3CCOC3)c21. The van der Waals surface area contributed by atoms with E-state index in [0.717, 1.165) is 35.0 Å². The first-order chi connectivity index (χ1) is 19.0. The van der Waals surface area contributed by atoms with E-state index in [1.807, 2.05) is 18.4 Å². The number of carboxylic acid groups (broad SMARTS) is 1. The lowest BCUT2D eigenvalue weighted by Gasteiger charge is -2.24. The average Bonchev–Trinajstić information content (AvgIpc) is 3.62. The van der Waals surface area contributed by atoms with E-state index in [-0.39, 0.29) is 23.5 Å². The largest absolute Gasteiger partial charge is 0.478 e. The van der Waals surface area contributed by atoms with Gasteiger partial charge < -0.3 is 19.1 Å². The molecule has 3 aromatic rings. The van der Waals surface area contributed by atoms with Crippen LogP contribution in [0.3, 0.4) is 0 Å². The van der Waals surface area contributed by atoms with Crippen molar-refractivity contribution in [2.75, 3.05) is 31.5 Å². The van der Waals surface area contributed by atoms with E-state index >= 15 is 0 Å². The summed E-state index contributed by atoms with van der Waals surface area (Å²) in [6.45, 7) is 15.8. The molecule has 0 aliphatic carbocycles. The molecule has 1 aromatic carbocycles. The van der Waals surface area contributed by atoms with Crippen LogP contribution in [0.15, 0.2) is 23.1 Å². The summed E-state index contributed by atoms with van der Waals surface area (Å²) in [5, 5.41) is 14.6. The maximum atomic E-state index is 14.1. The topological polar surface area (TPSA) is 112 Å². The molecule has 40 heavy (non-hydrogen) atoms. The Bertz CT molecular complexity index is 1360. The van der Waals surface area contributed by atoms with Crippen molar-refractivity contribution in [1.82, 2.24) is 19.3 Å². The van der Waals surface area contributed by atoms with Crippen LogP contribution >= 0.6 is 11.8 Å². The number of fused-ring (bicyclic) bond motifs is 1. The number of nitrogens with zero attached hydrogens (tertiary/aromatic N) is 5. The number of carboxylic acids is 1. The van der Waals surface area contributed by atoms with Crippen molar-refractivity contribution in [3.05, 3.63) is 35.2 Å². The Hall–Kier alpha value is -2.67. The van der Waals surface area contributed by atoms with Crippen LogP contribution in [0, 0.1) is 6.92 Å². The second-order valence-corrected chi connectivity index (χ2v) is 18.3. The Morgan fingerprint density at radius 1 is 1.25 bits per heavy atom. The van der Waals surface area contributed by atoms with Gasteiger partial charge in [-0.1, -0.05) is 26.6 Å². The second kappa shape index (κ2) is 12.9. The molecule has 12 heteroatoms. The summed E-state index contributed by atoms with van der Waals surface area (Å²) in [4.78, 5) is 33.5. The molecule has 0 spiro atoms. The van der Waals surface area contributed by atoms with E-state index in [4.69, 9.17) is 14.5 Å². The summed E-state index contributed by atoms with van der Waals surface area (Å²) < 4.78 is 15.4. The van der Waals surface area contributed by atoms with Gasteiger partial charge in [-0.25, -0.2) is 9.78 Å². The minimum Gasteiger partial charge on any atom is -0.478 e. The van der Waals surface area contributed by atoms with E-state index < -0.39 is 14.0 Å². The van der Waals surface area contributed by atoms with Crippen molar-refractivity contribution in [2.45, 2.75) is 82.5 Å². The molecular weight excluding hydrogens is 546 g/mol. The van der Waals surface area contributed by atoms with Crippen LogP contribution < -0.4 is 4.90 Å². The number of rotatable bonds is 13. The highest BCUT2D eigenvalue weighted by Crippen LogP contribution is 2.37. The quantitative estimate of drug-likeness (QED) is 0.158. The average molecular weight is 588 g/mol.